The topological polar surface area (TPSA) is 35.2 Å². The van der Waals surface area contributed by atoms with E-state index in [1.807, 2.05) is 30.3 Å². The van der Waals surface area contributed by atoms with Gasteiger partial charge in [0.2, 0.25) is 0 Å². The molecule has 2 rings (SSSR count). The van der Waals surface area contributed by atoms with Crippen molar-refractivity contribution in [2.24, 2.45) is 11.1 Å². The fourth-order valence-electron chi connectivity index (χ4n) is 1.78. The van der Waals surface area contributed by atoms with Gasteiger partial charge in [-0.05, 0) is 12.1 Å². The minimum Gasteiger partial charge on any atom is -0.490 e. The average molecular weight is 191 g/mol. The van der Waals surface area contributed by atoms with Crippen molar-refractivity contribution in [3.05, 3.63) is 30.3 Å². The van der Waals surface area contributed by atoms with Crippen molar-refractivity contribution < 1.29 is 4.74 Å². The zero-order valence-electron chi connectivity index (χ0n) is 8.73. The maximum Gasteiger partial charge on any atom is 0.119 e. The van der Waals surface area contributed by atoms with Crippen LogP contribution in [0, 0.1) is 5.41 Å². The lowest BCUT2D eigenvalue weighted by atomic mass is 9.65. The van der Waals surface area contributed by atoms with E-state index < -0.39 is 0 Å². The Morgan fingerprint density at radius 3 is 2.43 bits per heavy atom. The maximum absolute atomic E-state index is 5.92. The first-order valence-electron chi connectivity index (χ1n) is 5.08. The molecule has 14 heavy (non-hydrogen) atoms. The van der Waals surface area contributed by atoms with Crippen molar-refractivity contribution in [1.29, 1.82) is 0 Å². The number of ether oxygens (including phenoxy) is 1. The lowest BCUT2D eigenvalue weighted by Crippen LogP contribution is -2.60. The van der Waals surface area contributed by atoms with E-state index in [0.717, 1.165) is 12.2 Å². The number of para-hydroxylation sites is 1. The van der Waals surface area contributed by atoms with Gasteiger partial charge in [0.1, 0.15) is 11.9 Å². The lowest BCUT2D eigenvalue weighted by Gasteiger charge is -2.49. The van der Waals surface area contributed by atoms with Crippen LogP contribution in [0.2, 0.25) is 0 Å². The van der Waals surface area contributed by atoms with Crippen molar-refractivity contribution in [1.82, 2.24) is 0 Å². The predicted molar refractivity (Wildman–Crippen MR) is 57.2 cm³/mol. The summed E-state index contributed by atoms with van der Waals surface area (Å²) in [4.78, 5) is 0. The van der Waals surface area contributed by atoms with Crippen LogP contribution in [0.5, 0.6) is 5.75 Å². The summed E-state index contributed by atoms with van der Waals surface area (Å²) in [5, 5.41) is 0. The van der Waals surface area contributed by atoms with Gasteiger partial charge in [-0.2, -0.15) is 0 Å². The molecule has 0 bridgehead atoms. The molecule has 2 nitrogen and oxygen atoms in total. The van der Waals surface area contributed by atoms with Gasteiger partial charge < -0.3 is 10.5 Å². The Morgan fingerprint density at radius 1 is 1.29 bits per heavy atom. The Balaban J connectivity index is 2.01. The Hall–Kier alpha value is -1.02. The predicted octanol–water partition coefficient (Wildman–Crippen LogP) is 2.19. The molecule has 1 fully saturated rings. The molecule has 0 unspecified atom stereocenters. The SMILES string of the molecule is CC1(C)[C@H](N)C[C@@H]1Oc1ccccc1. The van der Waals surface area contributed by atoms with E-state index in [-0.39, 0.29) is 17.6 Å². The molecule has 0 heterocycles. The fraction of sp³-hybridized carbons (Fsp3) is 0.500. The molecule has 2 heteroatoms. The van der Waals surface area contributed by atoms with Crippen LogP contribution in [0.3, 0.4) is 0 Å². The van der Waals surface area contributed by atoms with Crippen LogP contribution in [0.25, 0.3) is 0 Å². The molecule has 0 radical (unpaired) electrons. The quantitative estimate of drug-likeness (QED) is 0.777. The molecular weight excluding hydrogens is 174 g/mol. The molecule has 76 valence electrons. The molecule has 0 spiro atoms. The van der Waals surface area contributed by atoms with Crippen LogP contribution in [0.15, 0.2) is 30.3 Å². The van der Waals surface area contributed by atoms with Crippen molar-refractivity contribution in [2.75, 3.05) is 0 Å². The highest BCUT2D eigenvalue weighted by Crippen LogP contribution is 2.41. The molecule has 1 aromatic carbocycles. The second kappa shape index (κ2) is 3.28. The summed E-state index contributed by atoms with van der Waals surface area (Å²) in [5.74, 6) is 0.942. The first kappa shape index (κ1) is 9.53. The third kappa shape index (κ3) is 1.50. The monoisotopic (exact) mass is 191 g/mol. The fourth-order valence-corrected chi connectivity index (χ4v) is 1.78. The van der Waals surface area contributed by atoms with E-state index in [0.29, 0.717) is 0 Å². The molecule has 1 aromatic rings. The van der Waals surface area contributed by atoms with Crippen LogP contribution in [-0.4, -0.2) is 12.1 Å². The molecule has 0 amide bonds. The van der Waals surface area contributed by atoms with E-state index in [2.05, 4.69) is 13.8 Å². The largest absolute Gasteiger partial charge is 0.490 e. The maximum atomic E-state index is 5.92. The Morgan fingerprint density at radius 2 is 1.93 bits per heavy atom. The standard InChI is InChI=1S/C12H17NO/c1-12(2)10(13)8-11(12)14-9-6-4-3-5-7-9/h3-7,10-11H,8,13H2,1-2H3/t10-,11+/m1/s1. The van der Waals surface area contributed by atoms with Crippen molar-refractivity contribution in [3.63, 3.8) is 0 Å². The first-order valence-corrected chi connectivity index (χ1v) is 5.08. The summed E-state index contributed by atoms with van der Waals surface area (Å²) in [6.45, 7) is 4.32. The van der Waals surface area contributed by atoms with Crippen LogP contribution < -0.4 is 10.5 Å². The van der Waals surface area contributed by atoms with Crippen molar-refractivity contribution in [2.45, 2.75) is 32.4 Å². The van der Waals surface area contributed by atoms with E-state index >= 15 is 0 Å². The number of benzene rings is 1. The lowest BCUT2D eigenvalue weighted by molar-refractivity contribution is -0.0399. The van der Waals surface area contributed by atoms with Gasteiger partial charge in [-0.25, -0.2) is 0 Å². The third-order valence-corrected chi connectivity index (χ3v) is 3.28. The number of hydrogen-bond acceptors (Lipinski definition) is 2. The van der Waals surface area contributed by atoms with E-state index in [9.17, 15) is 0 Å². The summed E-state index contributed by atoms with van der Waals surface area (Å²) in [6.07, 6.45) is 1.22. The summed E-state index contributed by atoms with van der Waals surface area (Å²) in [6, 6.07) is 10.2. The second-order valence-corrected chi connectivity index (χ2v) is 4.58. The van der Waals surface area contributed by atoms with Crippen LogP contribution in [0.4, 0.5) is 0 Å². The molecule has 0 aromatic heterocycles. The summed E-state index contributed by atoms with van der Waals surface area (Å²) < 4.78 is 5.86. The molecular formula is C12H17NO. The van der Waals surface area contributed by atoms with Gasteiger partial charge in [0.05, 0.1) is 0 Å². The molecule has 1 aliphatic carbocycles. The third-order valence-electron chi connectivity index (χ3n) is 3.28. The Labute approximate surface area is 85.1 Å². The smallest absolute Gasteiger partial charge is 0.119 e. The minimum atomic E-state index is 0.107. The molecule has 0 aliphatic heterocycles. The van der Waals surface area contributed by atoms with Gasteiger partial charge in [0.25, 0.3) is 0 Å². The van der Waals surface area contributed by atoms with Gasteiger partial charge in [-0.3, -0.25) is 0 Å². The molecule has 2 atom stereocenters. The van der Waals surface area contributed by atoms with Crippen LogP contribution in [-0.2, 0) is 0 Å². The normalized spacial score (nSPS) is 29.4. The molecule has 1 aliphatic rings. The summed E-state index contributed by atoms with van der Waals surface area (Å²) >= 11 is 0. The first-order chi connectivity index (χ1) is 6.60. The highest BCUT2D eigenvalue weighted by Gasteiger charge is 2.47. The van der Waals surface area contributed by atoms with Crippen molar-refractivity contribution in [3.8, 4) is 5.75 Å². The number of nitrogens with two attached hydrogens (primary N) is 1. The average Bonchev–Trinajstić information content (AvgIpc) is 2.19. The van der Waals surface area contributed by atoms with Crippen molar-refractivity contribution >= 4 is 0 Å². The summed E-state index contributed by atoms with van der Waals surface area (Å²) in [5.41, 5.74) is 6.03. The minimum absolute atomic E-state index is 0.107. The zero-order chi connectivity index (χ0) is 10.2. The van der Waals surface area contributed by atoms with Gasteiger partial charge in [-0.1, -0.05) is 32.0 Å². The summed E-state index contributed by atoms with van der Waals surface area (Å²) in [7, 11) is 0. The molecule has 0 saturated heterocycles. The van der Waals surface area contributed by atoms with Gasteiger partial charge >= 0.3 is 0 Å². The Bertz CT molecular complexity index is 307. The Kier molecular flexibility index (Phi) is 2.23. The van der Waals surface area contributed by atoms with Gasteiger partial charge in [0.15, 0.2) is 0 Å². The molecule has 1 saturated carbocycles. The number of rotatable bonds is 2. The molecule has 2 N–H and O–H groups in total. The number of hydrogen-bond donors (Lipinski definition) is 1. The second-order valence-electron chi connectivity index (χ2n) is 4.58. The van der Waals surface area contributed by atoms with Gasteiger partial charge in [0, 0.05) is 17.9 Å². The van der Waals surface area contributed by atoms with Crippen LogP contribution in [0.1, 0.15) is 20.3 Å². The van der Waals surface area contributed by atoms with E-state index in [1.54, 1.807) is 0 Å². The zero-order valence-corrected chi connectivity index (χ0v) is 8.73. The highest BCUT2D eigenvalue weighted by molar-refractivity contribution is 5.22. The van der Waals surface area contributed by atoms with Crippen LogP contribution >= 0.6 is 0 Å². The van der Waals surface area contributed by atoms with E-state index in [4.69, 9.17) is 10.5 Å². The van der Waals surface area contributed by atoms with E-state index in [1.165, 1.54) is 0 Å². The van der Waals surface area contributed by atoms with Gasteiger partial charge in [-0.15, -0.1) is 0 Å². The highest BCUT2D eigenvalue weighted by atomic mass is 16.5.